The smallest absolute Gasteiger partial charge is 0.295 e. The van der Waals surface area contributed by atoms with Crippen LogP contribution in [0.1, 0.15) is 18.4 Å². The minimum atomic E-state index is -4.13. The molecule has 0 fully saturated rings. The number of benzene rings is 2. The van der Waals surface area contributed by atoms with Crippen LogP contribution in [-0.4, -0.2) is 22.9 Å². The van der Waals surface area contributed by atoms with Gasteiger partial charge in [0.15, 0.2) is 0 Å². The standard InChI is InChI=1S/C10H8O3S.C6H10N2/c11-14(12,13)10-7-3-5-8-4-1-2-6-9(8)10;1-3-6-7-4-5(2)8-6/h1-7H,(H,11,12,13);4H,3H2,1-2H3,(H,7,8). The molecule has 116 valence electrons. The van der Waals surface area contributed by atoms with Crippen molar-refractivity contribution in [3.05, 3.63) is 60.2 Å². The van der Waals surface area contributed by atoms with Crippen LogP contribution in [0.5, 0.6) is 0 Å². The van der Waals surface area contributed by atoms with Crippen LogP contribution >= 0.6 is 0 Å². The Bertz CT molecular complexity index is 864. The van der Waals surface area contributed by atoms with Crippen molar-refractivity contribution in [3.63, 3.8) is 0 Å². The molecule has 2 N–H and O–H groups in total. The van der Waals surface area contributed by atoms with Gasteiger partial charge in [0.2, 0.25) is 0 Å². The van der Waals surface area contributed by atoms with Gasteiger partial charge in [-0.2, -0.15) is 8.42 Å². The lowest BCUT2D eigenvalue weighted by atomic mass is 10.1. The summed E-state index contributed by atoms with van der Waals surface area (Å²) >= 11 is 0. The number of imidazole rings is 1. The lowest BCUT2D eigenvalue weighted by molar-refractivity contribution is 0.484. The Kier molecular flexibility index (Phi) is 4.95. The Morgan fingerprint density at radius 2 is 1.82 bits per heavy atom. The number of hydrogen-bond donors (Lipinski definition) is 2. The number of rotatable bonds is 2. The van der Waals surface area contributed by atoms with Gasteiger partial charge in [0.05, 0.1) is 5.69 Å². The highest BCUT2D eigenvalue weighted by atomic mass is 32.2. The van der Waals surface area contributed by atoms with Crippen molar-refractivity contribution in [3.8, 4) is 0 Å². The molecular formula is C16H18N2O3S. The summed E-state index contributed by atoms with van der Waals surface area (Å²) in [5.41, 5.74) is 1.07. The molecule has 3 rings (SSSR count). The molecule has 0 saturated heterocycles. The zero-order valence-corrected chi connectivity index (χ0v) is 13.3. The quantitative estimate of drug-likeness (QED) is 0.710. The molecule has 0 spiro atoms. The fourth-order valence-electron chi connectivity index (χ4n) is 2.07. The van der Waals surface area contributed by atoms with Crippen molar-refractivity contribution < 1.29 is 13.0 Å². The van der Waals surface area contributed by atoms with E-state index in [0.717, 1.165) is 23.3 Å². The van der Waals surface area contributed by atoms with Crippen molar-refractivity contribution in [1.82, 2.24) is 9.97 Å². The molecule has 3 aromatic rings. The van der Waals surface area contributed by atoms with Crippen LogP contribution in [0.15, 0.2) is 53.6 Å². The molecule has 5 nitrogen and oxygen atoms in total. The molecule has 22 heavy (non-hydrogen) atoms. The van der Waals surface area contributed by atoms with Crippen molar-refractivity contribution in [2.75, 3.05) is 0 Å². The summed E-state index contributed by atoms with van der Waals surface area (Å²) in [5.74, 6) is 1.07. The Balaban J connectivity index is 0.000000188. The van der Waals surface area contributed by atoms with E-state index in [-0.39, 0.29) is 4.90 Å². The highest BCUT2D eigenvalue weighted by Gasteiger charge is 2.12. The largest absolute Gasteiger partial charge is 0.348 e. The zero-order chi connectivity index (χ0) is 16.2. The Labute approximate surface area is 129 Å². The summed E-state index contributed by atoms with van der Waals surface area (Å²) in [6, 6.07) is 11.8. The van der Waals surface area contributed by atoms with Gasteiger partial charge in [-0.25, -0.2) is 4.98 Å². The van der Waals surface area contributed by atoms with E-state index < -0.39 is 10.1 Å². The molecular weight excluding hydrogens is 300 g/mol. The molecule has 0 aliphatic rings. The first kappa shape index (κ1) is 16.2. The van der Waals surface area contributed by atoms with Crippen LogP contribution in [0.2, 0.25) is 0 Å². The molecule has 0 unspecified atom stereocenters. The van der Waals surface area contributed by atoms with Gasteiger partial charge in [-0.15, -0.1) is 0 Å². The maximum Gasteiger partial charge on any atom is 0.295 e. The third kappa shape index (κ3) is 3.93. The normalized spacial score (nSPS) is 11.0. The van der Waals surface area contributed by atoms with Gasteiger partial charge in [0.25, 0.3) is 10.1 Å². The second-order valence-electron chi connectivity index (χ2n) is 4.79. The summed E-state index contributed by atoms with van der Waals surface area (Å²) in [6.07, 6.45) is 2.91. The molecule has 1 aromatic heterocycles. The van der Waals surface area contributed by atoms with Crippen molar-refractivity contribution >= 4 is 20.9 Å². The summed E-state index contributed by atoms with van der Waals surface area (Å²) in [7, 11) is -4.13. The monoisotopic (exact) mass is 318 g/mol. The lowest BCUT2D eigenvalue weighted by Crippen LogP contribution is -1.98. The molecule has 0 atom stereocenters. The van der Waals surface area contributed by atoms with Gasteiger partial charge < -0.3 is 4.98 Å². The van der Waals surface area contributed by atoms with Crippen LogP contribution in [0, 0.1) is 6.92 Å². The van der Waals surface area contributed by atoms with Gasteiger partial charge in [-0.1, -0.05) is 43.3 Å². The summed E-state index contributed by atoms with van der Waals surface area (Å²) in [6.45, 7) is 4.06. The molecule has 0 bridgehead atoms. The second-order valence-corrected chi connectivity index (χ2v) is 6.18. The van der Waals surface area contributed by atoms with E-state index in [2.05, 4.69) is 16.9 Å². The first-order valence-corrected chi connectivity index (χ1v) is 8.32. The van der Waals surface area contributed by atoms with Crippen LogP contribution in [0.4, 0.5) is 0 Å². The van der Waals surface area contributed by atoms with Crippen LogP contribution in [-0.2, 0) is 16.5 Å². The number of aromatic amines is 1. The van der Waals surface area contributed by atoms with E-state index in [4.69, 9.17) is 4.55 Å². The van der Waals surface area contributed by atoms with E-state index in [9.17, 15) is 8.42 Å². The number of fused-ring (bicyclic) bond motifs is 1. The fourth-order valence-corrected chi connectivity index (χ4v) is 2.78. The van der Waals surface area contributed by atoms with Crippen LogP contribution in [0.3, 0.4) is 0 Å². The van der Waals surface area contributed by atoms with Gasteiger partial charge in [0.1, 0.15) is 10.7 Å². The van der Waals surface area contributed by atoms with Gasteiger partial charge >= 0.3 is 0 Å². The van der Waals surface area contributed by atoms with Crippen molar-refractivity contribution in [2.24, 2.45) is 0 Å². The molecule has 1 heterocycles. The lowest BCUT2D eigenvalue weighted by Gasteiger charge is -2.02. The van der Waals surface area contributed by atoms with Crippen molar-refractivity contribution in [1.29, 1.82) is 0 Å². The molecule has 2 aromatic carbocycles. The average Bonchev–Trinajstić information content (AvgIpc) is 2.92. The van der Waals surface area contributed by atoms with Crippen LogP contribution < -0.4 is 0 Å². The van der Waals surface area contributed by atoms with Crippen LogP contribution in [0.25, 0.3) is 10.8 Å². The van der Waals surface area contributed by atoms with E-state index in [1.54, 1.807) is 30.3 Å². The topological polar surface area (TPSA) is 83.0 Å². The number of nitrogens with zero attached hydrogens (tertiary/aromatic N) is 1. The Morgan fingerprint density at radius 3 is 2.36 bits per heavy atom. The van der Waals surface area contributed by atoms with E-state index in [1.807, 2.05) is 19.2 Å². The molecule has 0 amide bonds. The fraction of sp³-hybridized carbons (Fsp3) is 0.188. The van der Waals surface area contributed by atoms with E-state index >= 15 is 0 Å². The highest BCUT2D eigenvalue weighted by Crippen LogP contribution is 2.21. The zero-order valence-electron chi connectivity index (χ0n) is 12.4. The number of aromatic nitrogens is 2. The molecule has 6 heteroatoms. The molecule has 0 aliphatic carbocycles. The minimum Gasteiger partial charge on any atom is -0.348 e. The molecule has 0 aliphatic heterocycles. The highest BCUT2D eigenvalue weighted by molar-refractivity contribution is 7.86. The van der Waals surface area contributed by atoms with Gasteiger partial charge in [-0.3, -0.25) is 4.55 Å². The average molecular weight is 318 g/mol. The maximum atomic E-state index is 11.0. The number of H-pyrrole nitrogens is 1. The predicted octanol–water partition coefficient (Wildman–Crippen LogP) is 3.37. The SMILES string of the molecule is CCc1nc(C)c[nH]1.O=S(=O)(O)c1cccc2ccccc12. The first-order valence-electron chi connectivity index (χ1n) is 6.88. The van der Waals surface area contributed by atoms with Gasteiger partial charge in [0, 0.05) is 18.0 Å². The van der Waals surface area contributed by atoms with Crippen molar-refractivity contribution in [2.45, 2.75) is 25.2 Å². The summed E-state index contributed by atoms with van der Waals surface area (Å²) < 4.78 is 31.0. The third-order valence-corrected chi connectivity index (χ3v) is 4.03. The Hall–Kier alpha value is -2.18. The molecule has 0 radical (unpaired) electrons. The number of nitrogens with one attached hydrogen (secondary N) is 1. The van der Waals surface area contributed by atoms with Gasteiger partial charge in [-0.05, 0) is 18.4 Å². The predicted molar refractivity (Wildman–Crippen MR) is 86.5 cm³/mol. The summed E-state index contributed by atoms with van der Waals surface area (Å²) in [4.78, 5) is 7.17. The Morgan fingerprint density at radius 1 is 1.14 bits per heavy atom. The first-order chi connectivity index (χ1) is 10.4. The molecule has 0 saturated carbocycles. The maximum absolute atomic E-state index is 11.0. The van der Waals surface area contributed by atoms with E-state index in [1.165, 1.54) is 6.07 Å². The number of hydrogen-bond acceptors (Lipinski definition) is 3. The minimum absolute atomic E-state index is 0.0457. The summed E-state index contributed by atoms with van der Waals surface area (Å²) in [5, 5.41) is 1.33. The number of aryl methyl sites for hydroxylation is 2. The second kappa shape index (κ2) is 6.72. The third-order valence-electron chi connectivity index (χ3n) is 3.12. The van der Waals surface area contributed by atoms with E-state index in [0.29, 0.717) is 5.39 Å².